The van der Waals surface area contributed by atoms with Crippen LogP contribution >= 0.6 is 0 Å². The minimum Gasteiger partial charge on any atom is -0.490 e. The van der Waals surface area contributed by atoms with Gasteiger partial charge in [0.05, 0.1) is 17.2 Å². The SMILES string of the molecule is CC(C)Oc1cc(C(F)(F)F)ccc1C(=O)N[C@H]1CCC[C@H]1N1CCCC1. The molecule has 3 rings (SSSR count). The van der Waals surface area contributed by atoms with E-state index in [4.69, 9.17) is 4.74 Å². The molecule has 1 aromatic carbocycles. The summed E-state index contributed by atoms with van der Waals surface area (Å²) >= 11 is 0. The topological polar surface area (TPSA) is 41.6 Å². The first kappa shape index (κ1) is 20.0. The second kappa shape index (κ2) is 8.09. The Morgan fingerprint density at radius 2 is 1.89 bits per heavy atom. The number of amides is 1. The molecule has 0 bridgehead atoms. The predicted octanol–water partition coefficient (Wildman–Crippen LogP) is 4.24. The Labute approximate surface area is 158 Å². The molecular weight excluding hydrogens is 357 g/mol. The number of benzene rings is 1. The molecule has 0 radical (unpaired) electrons. The quantitative estimate of drug-likeness (QED) is 0.826. The Hall–Kier alpha value is -1.76. The van der Waals surface area contributed by atoms with E-state index in [2.05, 4.69) is 10.2 Å². The molecule has 4 nitrogen and oxygen atoms in total. The van der Waals surface area contributed by atoms with Gasteiger partial charge in [0.1, 0.15) is 5.75 Å². The lowest BCUT2D eigenvalue weighted by molar-refractivity contribution is -0.137. The average molecular weight is 384 g/mol. The van der Waals surface area contributed by atoms with Gasteiger partial charge in [-0.15, -0.1) is 0 Å². The smallest absolute Gasteiger partial charge is 0.416 e. The van der Waals surface area contributed by atoms with Crippen molar-refractivity contribution in [2.75, 3.05) is 13.1 Å². The van der Waals surface area contributed by atoms with E-state index in [0.29, 0.717) is 6.04 Å². The van der Waals surface area contributed by atoms with E-state index in [1.54, 1.807) is 13.8 Å². The van der Waals surface area contributed by atoms with Gasteiger partial charge in [0.2, 0.25) is 0 Å². The van der Waals surface area contributed by atoms with E-state index in [1.807, 2.05) is 0 Å². The number of rotatable bonds is 5. The third-order valence-corrected chi connectivity index (χ3v) is 5.32. The number of carbonyl (C=O) groups excluding carboxylic acids is 1. The second-order valence-corrected chi connectivity index (χ2v) is 7.70. The molecule has 7 heteroatoms. The zero-order chi connectivity index (χ0) is 19.6. The minimum absolute atomic E-state index is 0.0203. The zero-order valence-electron chi connectivity index (χ0n) is 15.8. The van der Waals surface area contributed by atoms with Crippen molar-refractivity contribution in [2.45, 2.75) is 70.3 Å². The van der Waals surface area contributed by atoms with Gasteiger partial charge in [0, 0.05) is 12.1 Å². The number of halogens is 3. The van der Waals surface area contributed by atoms with Crippen molar-refractivity contribution in [1.29, 1.82) is 0 Å². The monoisotopic (exact) mass is 384 g/mol. The van der Waals surface area contributed by atoms with E-state index in [-0.39, 0.29) is 29.4 Å². The molecule has 1 heterocycles. The molecule has 27 heavy (non-hydrogen) atoms. The largest absolute Gasteiger partial charge is 0.490 e. The summed E-state index contributed by atoms with van der Waals surface area (Å²) in [4.78, 5) is 15.3. The number of likely N-dealkylation sites (tertiary alicyclic amines) is 1. The van der Waals surface area contributed by atoms with Crippen molar-refractivity contribution in [3.05, 3.63) is 29.3 Å². The molecule has 1 N–H and O–H groups in total. The van der Waals surface area contributed by atoms with Gasteiger partial charge in [-0.3, -0.25) is 9.69 Å². The summed E-state index contributed by atoms with van der Waals surface area (Å²) in [5, 5.41) is 3.05. The Morgan fingerprint density at radius 3 is 2.52 bits per heavy atom. The van der Waals surface area contributed by atoms with Gasteiger partial charge in [0.25, 0.3) is 5.91 Å². The minimum atomic E-state index is -4.48. The normalized spacial score (nSPS) is 23.8. The van der Waals surface area contributed by atoms with Crippen molar-refractivity contribution in [2.24, 2.45) is 0 Å². The zero-order valence-corrected chi connectivity index (χ0v) is 15.8. The first-order valence-corrected chi connectivity index (χ1v) is 9.68. The molecule has 1 aliphatic heterocycles. The number of nitrogens with zero attached hydrogens (tertiary/aromatic N) is 1. The highest BCUT2D eigenvalue weighted by Crippen LogP contribution is 2.34. The van der Waals surface area contributed by atoms with Crippen LogP contribution in [0.25, 0.3) is 0 Å². The summed E-state index contributed by atoms with van der Waals surface area (Å²) in [7, 11) is 0. The highest BCUT2D eigenvalue weighted by Gasteiger charge is 2.36. The molecule has 0 spiro atoms. The fourth-order valence-corrected chi connectivity index (χ4v) is 4.10. The van der Waals surface area contributed by atoms with Crippen LogP contribution in [0.15, 0.2) is 18.2 Å². The maximum Gasteiger partial charge on any atom is 0.416 e. The molecule has 0 aromatic heterocycles. The van der Waals surface area contributed by atoms with Crippen LogP contribution in [-0.4, -0.2) is 42.1 Å². The van der Waals surface area contributed by atoms with Gasteiger partial charge < -0.3 is 10.1 Å². The van der Waals surface area contributed by atoms with Gasteiger partial charge in [0.15, 0.2) is 0 Å². The lowest BCUT2D eigenvalue weighted by atomic mass is 10.1. The van der Waals surface area contributed by atoms with Crippen LogP contribution in [0.3, 0.4) is 0 Å². The highest BCUT2D eigenvalue weighted by atomic mass is 19.4. The summed E-state index contributed by atoms with van der Waals surface area (Å²) < 4.78 is 44.6. The van der Waals surface area contributed by atoms with Gasteiger partial charge in [-0.1, -0.05) is 0 Å². The van der Waals surface area contributed by atoms with E-state index >= 15 is 0 Å². The molecule has 1 aromatic rings. The van der Waals surface area contributed by atoms with E-state index < -0.39 is 11.7 Å². The summed E-state index contributed by atoms with van der Waals surface area (Å²) in [6.45, 7) is 5.56. The van der Waals surface area contributed by atoms with Gasteiger partial charge >= 0.3 is 6.18 Å². The van der Waals surface area contributed by atoms with Crippen LogP contribution in [0.5, 0.6) is 5.75 Å². The molecular formula is C20H27F3N2O2. The van der Waals surface area contributed by atoms with Crippen molar-refractivity contribution in [3.8, 4) is 5.75 Å². The third-order valence-electron chi connectivity index (χ3n) is 5.32. The number of nitrogens with one attached hydrogen (secondary N) is 1. The van der Waals surface area contributed by atoms with E-state index in [9.17, 15) is 18.0 Å². The van der Waals surface area contributed by atoms with Crippen LogP contribution in [0.1, 0.15) is 61.9 Å². The fourth-order valence-electron chi connectivity index (χ4n) is 4.10. The average Bonchev–Trinajstić information content (AvgIpc) is 3.24. The standard InChI is InChI=1S/C20H27F3N2O2/c1-13(2)27-18-12-14(20(21,22)23)8-9-15(18)19(26)24-16-6-5-7-17(16)25-10-3-4-11-25/h8-9,12-13,16-17H,3-7,10-11H2,1-2H3,(H,24,26)/t16-,17+/m0/s1. The molecule has 2 fully saturated rings. The molecule has 150 valence electrons. The maximum absolute atomic E-state index is 13.0. The van der Waals surface area contributed by atoms with Gasteiger partial charge in [-0.2, -0.15) is 13.2 Å². The van der Waals surface area contributed by atoms with E-state index in [0.717, 1.165) is 44.5 Å². The Bertz CT molecular complexity index is 670. The van der Waals surface area contributed by atoms with Crippen molar-refractivity contribution in [3.63, 3.8) is 0 Å². The van der Waals surface area contributed by atoms with E-state index in [1.165, 1.54) is 18.9 Å². The Morgan fingerprint density at radius 1 is 1.19 bits per heavy atom. The van der Waals surface area contributed by atoms with Crippen LogP contribution in [-0.2, 0) is 6.18 Å². The molecule has 2 atom stereocenters. The van der Waals surface area contributed by atoms with Gasteiger partial charge in [-0.25, -0.2) is 0 Å². The van der Waals surface area contributed by atoms with Crippen molar-refractivity contribution >= 4 is 5.91 Å². The van der Waals surface area contributed by atoms with Crippen LogP contribution in [0.4, 0.5) is 13.2 Å². The molecule has 1 saturated heterocycles. The Balaban J connectivity index is 1.78. The first-order valence-electron chi connectivity index (χ1n) is 9.68. The number of alkyl halides is 3. The molecule has 0 unspecified atom stereocenters. The molecule has 1 saturated carbocycles. The van der Waals surface area contributed by atoms with Crippen molar-refractivity contribution < 1.29 is 22.7 Å². The third kappa shape index (κ3) is 4.75. The van der Waals surface area contributed by atoms with Crippen LogP contribution in [0, 0.1) is 0 Å². The number of carbonyl (C=O) groups is 1. The summed E-state index contributed by atoms with van der Waals surface area (Å²) in [5.41, 5.74) is -0.658. The summed E-state index contributed by atoms with van der Waals surface area (Å²) in [5.74, 6) is -0.386. The number of ether oxygens (including phenoxy) is 1. The van der Waals surface area contributed by atoms with Crippen molar-refractivity contribution in [1.82, 2.24) is 10.2 Å². The lowest BCUT2D eigenvalue weighted by Gasteiger charge is -2.30. The highest BCUT2D eigenvalue weighted by molar-refractivity contribution is 5.97. The molecule has 1 aliphatic carbocycles. The summed E-state index contributed by atoms with van der Waals surface area (Å²) in [6, 6.07) is 3.43. The first-order chi connectivity index (χ1) is 12.8. The van der Waals surface area contributed by atoms with Crippen LogP contribution < -0.4 is 10.1 Å². The number of hydrogen-bond acceptors (Lipinski definition) is 3. The maximum atomic E-state index is 13.0. The van der Waals surface area contributed by atoms with Gasteiger partial charge in [-0.05, 0) is 77.2 Å². The summed E-state index contributed by atoms with van der Waals surface area (Å²) in [6.07, 6.45) is 0.556. The second-order valence-electron chi connectivity index (χ2n) is 7.70. The lowest BCUT2D eigenvalue weighted by Crippen LogP contribution is -2.47. The number of hydrogen-bond donors (Lipinski definition) is 1. The fraction of sp³-hybridized carbons (Fsp3) is 0.650. The Kier molecular flexibility index (Phi) is 5.99. The molecule has 2 aliphatic rings. The molecule has 1 amide bonds. The predicted molar refractivity (Wildman–Crippen MR) is 96.9 cm³/mol. The van der Waals surface area contributed by atoms with Crippen LogP contribution in [0.2, 0.25) is 0 Å².